The molecular formula is C12H22N2O2. The van der Waals surface area contributed by atoms with E-state index in [0.29, 0.717) is 19.0 Å². The van der Waals surface area contributed by atoms with E-state index in [-0.39, 0.29) is 5.92 Å². The molecule has 1 rings (SSSR count). The predicted octanol–water partition coefficient (Wildman–Crippen LogP) is 1.79. The number of hydrogen-bond donors (Lipinski definition) is 2. The van der Waals surface area contributed by atoms with E-state index < -0.39 is 5.60 Å². The van der Waals surface area contributed by atoms with E-state index in [2.05, 4.69) is 10.3 Å². The molecule has 0 spiro atoms. The lowest BCUT2D eigenvalue weighted by Crippen LogP contribution is -2.42. The summed E-state index contributed by atoms with van der Waals surface area (Å²) in [4.78, 5) is 4.26. The normalized spacial score (nSPS) is 15.4. The molecule has 0 saturated heterocycles. The van der Waals surface area contributed by atoms with Crippen LogP contribution in [0.15, 0.2) is 4.42 Å². The minimum absolute atomic E-state index is 0.216. The maximum Gasteiger partial charge on any atom is 0.208 e. The third-order valence-electron chi connectivity index (χ3n) is 3.08. The van der Waals surface area contributed by atoms with Crippen LogP contribution in [0, 0.1) is 19.8 Å². The Labute approximate surface area is 97.1 Å². The van der Waals surface area contributed by atoms with Crippen LogP contribution >= 0.6 is 0 Å². The fraction of sp³-hybridized carbons (Fsp3) is 0.750. The zero-order chi connectivity index (χ0) is 12.3. The van der Waals surface area contributed by atoms with Gasteiger partial charge in [-0.1, -0.05) is 13.8 Å². The van der Waals surface area contributed by atoms with Crippen LogP contribution in [-0.2, 0) is 6.54 Å². The predicted molar refractivity (Wildman–Crippen MR) is 63.1 cm³/mol. The maximum atomic E-state index is 10.0. The number of oxazole rings is 1. The van der Waals surface area contributed by atoms with Crippen molar-refractivity contribution in [3.05, 3.63) is 17.3 Å². The minimum atomic E-state index is -0.698. The Bertz CT molecular complexity index is 323. The molecular weight excluding hydrogens is 204 g/mol. The first kappa shape index (κ1) is 13.2. The smallest absolute Gasteiger partial charge is 0.208 e. The zero-order valence-corrected chi connectivity index (χ0v) is 10.8. The van der Waals surface area contributed by atoms with Crippen LogP contribution in [0.3, 0.4) is 0 Å². The Morgan fingerprint density at radius 1 is 1.44 bits per heavy atom. The van der Waals surface area contributed by atoms with E-state index >= 15 is 0 Å². The summed E-state index contributed by atoms with van der Waals surface area (Å²) in [5, 5.41) is 13.2. The molecule has 0 amide bonds. The van der Waals surface area contributed by atoms with Gasteiger partial charge in [-0.05, 0) is 26.7 Å². The van der Waals surface area contributed by atoms with E-state index in [4.69, 9.17) is 4.42 Å². The van der Waals surface area contributed by atoms with E-state index in [9.17, 15) is 5.11 Å². The molecule has 1 atom stereocenters. The van der Waals surface area contributed by atoms with E-state index in [0.717, 1.165) is 11.5 Å². The molecule has 1 aromatic rings. The van der Waals surface area contributed by atoms with Gasteiger partial charge in [0.2, 0.25) is 5.89 Å². The second kappa shape index (κ2) is 4.97. The minimum Gasteiger partial charge on any atom is -0.444 e. The molecule has 16 heavy (non-hydrogen) atoms. The fourth-order valence-electron chi connectivity index (χ4n) is 1.24. The molecule has 2 N–H and O–H groups in total. The SMILES string of the molecule is Cc1nc(CNCC(C)(O)C(C)C)oc1C. The van der Waals surface area contributed by atoms with Crippen molar-refractivity contribution in [2.75, 3.05) is 6.54 Å². The van der Waals surface area contributed by atoms with E-state index in [1.807, 2.05) is 34.6 Å². The molecule has 4 nitrogen and oxygen atoms in total. The van der Waals surface area contributed by atoms with Crippen molar-refractivity contribution in [2.45, 2.75) is 46.8 Å². The molecule has 1 unspecified atom stereocenters. The highest BCUT2D eigenvalue weighted by Crippen LogP contribution is 2.15. The van der Waals surface area contributed by atoms with Crippen LogP contribution in [0.4, 0.5) is 0 Å². The Morgan fingerprint density at radius 3 is 2.50 bits per heavy atom. The first-order valence-electron chi connectivity index (χ1n) is 5.69. The molecule has 0 bridgehead atoms. The van der Waals surface area contributed by atoms with E-state index in [1.165, 1.54) is 0 Å². The van der Waals surface area contributed by atoms with Gasteiger partial charge in [0, 0.05) is 6.54 Å². The number of aliphatic hydroxyl groups is 1. The highest BCUT2D eigenvalue weighted by molar-refractivity contribution is 5.05. The number of hydrogen-bond acceptors (Lipinski definition) is 4. The standard InChI is InChI=1S/C12H22N2O2/c1-8(2)12(5,15)7-13-6-11-14-9(3)10(4)16-11/h8,13,15H,6-7H2,1-5H3. The number of nitrogens with one attached hydrogen (secondary N) is 1. The van der Waals surface area contributed by atoms with Gasteiger partial charge in [-0.15, -0.1) is 0 Å². The molecule has 1 aromatic heterocycles. The summed E-state index contributed by atoms with van der Waals surface area (Å²) in [7, 11) is 0. The molecule has 0 saturated carbocycles. The highest BCUT2D eigenvalue weighted by Gasteiger charge is 2.24. The van der Waals surface area contributed by atoms with Crippen molar-refractivity contribution >= 4 is 0 Å². The van der Waals surface area contributed by atoms with Crippen LogP contribution in [-0.4, -0.2) is 22.2 Å². The third kappa shape index (κ3) is 3.32. The van der Waals surface area contributed by atoms with Gasteiger partial charge in [-0.2, -0.15) is 0 Å². The molecule has 0 fully saturated rings. The van der Waals surface area contributed by atoms with Crippen molar-refractivity contribution in [1.82, 2.24) is 10.3 Å². The lowest BCUT2D eigenvalue weighted by molar-refractivity contribution is 0.0136. The van der Waals surface area contributed by atoms with Gasteiger partial charge in [0.1, 0.15) is 5.76 Å². The Morgan fingerprint density at radius 2 is 2.06 bits per heavy atom. The first-order valence-corrected chi connectivity index (χ1v) is 5.69. The number of aromatic nitrogens is 1. The highest BCUT2D eigenvalue weighted by atomic mass is 16.4. The van der Waals surface area contributed by atoms with Gasteiger partial charge >= 0.3 is 0 Å². The Balaban J connectivity index is 2.41. The molecule has 0 radical (unpaired) electrons. The van der Waals surface area contributed by atoms with Gasteiger partial charge in [0.15, 0.2) is 0 Å². The average molecular weight is 226 g/mol. The summed E-state index contributed by atoms with van der Waals surface area (Å²) in [5.41, 5.74) is 0.226. The van der Waals surface area contributed by atoms with Gasteiger partial charge in [0.05, 0.1) is 17.8 Å². The number of aryl methyl sites for hydroxylation is 2. The van der Waals surface area contributed by atoms with Crippen LogP contribution in [0.1, 0.15) is 38.1 Å². The summed E-state index contributed by atoms with van der Waals surface area (Å²) in [6.45, 7) is 10.7. The second-order valence-corrected chi connectivity index (χ2v) is 4.86. The fourth-order valence-corrected chi connectivity index (χ4v) is 1.24. The third-order valence-corrected chi connectivity index (χ3v) is 3.08. The van der Waals surface area contributed by atoms with Crippen LogP contribution in [0.5, 0.6) is 0 Å². The van der Waals surface area contributed by atoms with Crippen molar-refractivity contribution in [3.63, 3.8) is 0 Å². The lowest BCUT2D eigenvalue weighted by atomic mass is 9.93. The van der Waals surface area contributed by atoms with Crippen molar-refractivity contribution in [2.24, 2.45) is 5.92 Å². The molecule has 0 aliphatic carbocycles. The van der Waals surface area contributed by atoms with Crippen LogP contribution in [0.25, 0.3) is 0 Å². The number of nitrogens with zero attached hydrogens (tertiary/aromatic N) is 1. The summed E-state index contributed by atoms with van der Waals surface area (Å²) in [6.07, 6.45) is 0. The van der Waals surface area contributed by atoms with Gasteiger partial charge in [-0.25, -0.2) is 4.98 Å². The molecule has 0 aromatic carbocycles. The Hall–Kier alpha value is -0.870. The van der Waals surface area contributed by atoms with Crippen LogP contribution in [0.2, 0.25) is 0 Å². The monoisotopic (exact) mass is 226 g/mol. The summed E-state index contributed by atoms with van der Waals surface area (Å²) in [5.74, 6) is 1.75. The van der Waals surface area contributed by atoms with Crippen molar-refractivity contribution in [3.8, 4) is 0 Å². The second-order valence-electron chi connectivity index (χ2n) is 4.86. The molecule has 92 valence electrons. The summed E-state index contributed by atoms with van der Waals surface area (Å²) < 4.78 is 5.43. The average Bonchev–Trinajstić information content (AvgIpc) is 2.45. The molecule has 1 heterocycles. The number of rotatable bonds is 5. The zero-order valence-electron chi connectivity index (χ0n) is 10.8. The van der Waals surface area contributed by atoms with Gasteiger partial charge < -0.3 is 14.8 Å². The van der Waals surface area contributed by atoms with E-state index in [1.54, 1.807) is 0 Å². The molecule has 0 aliphatic heterocycles. The maximum absolute atomic E-state index is 10.0. The van der Waals surface area contributed by atoms with Crippen LogP contribution < -0.4 is 5.32 Å². The van der Waals surface area contributed by atoms with Gasteiger partial charge in [-0.3, -0.25) is 0 Å². The molecule has 0 aliphatic rings. The largest absolute Gasteiger partial charge is 0.444 e. The van der Waals surface area contributed by atoms with Crippen molar-refractivity contribution in [1.29, 1.82) is 0 Å². The van der Waals surface area contributed by atoms with Crippen molar-refractivity contribution < 1.29 is 9.52 Å². The lowest BCUT2D eigenvalue weighted by Gasteiger charge is -2.27. The summed E-state index contributed by atoms with van der Waals surface area (Å²) >= 11 is 0. The quantitative estimate of drug-likeness (QED) is 0.803. The van der Waals surface area contributed by atoms with Gasteiger partial charge in [0.25, 0.3) is 0 Å². The topological polar surface area (TPSA) is 58.3 Å². The molecule has 4 heteroatoms. The Kier molecular flexibility index (Phi) is 4.10. The first-order chi connectivity index (χ1) is 7.33. The summed E-state index contributed by atoms with van der Waals surface area (Å²) in [6, 6.07) is 0.